The second-order valence-corrected chi connectivity index (χ2v) is 5.28. The Hall–Kier alpha value is -2.63. The van der Waals surface area contributed by atoms with Crippen molar-refractivity contribution in [3.63, 3.8) is 0 Å². The van der Waals surface area contributed by atoms with Crippen LogP contribution in [0.4, 0.5) is 5.95 Å². The van der Waals surface area contributed by atoms with Crippen molar-refractivity contribution in [1.29, 1.82) is 0 Å². The highest BCUT2D eigenvalue weighted by Crippen LogP contribution is 2.18. The van der Waals surface area contributed by atoms with Crippen LogP contribution >= 0.6 is 0 Å². The Balaban J connectivity index is 1.71. The molecule has 0 atom stereocenters. The monoisotopic (exact) mass is 283 g/mol. The van der Waals surface area contributed by atoms with E-state index in [0.717, 1.165) is 22.3 Å². The maximum Gasteiger partial charge on any atom is 0.248 e. The summed E-state index contributed by atoms with van der Waals surface area (Å²) in [6.07, 6.45) is 2.15. The van der Waals surface area contributed by atoms with Gasteiger partial charge in [0.05, 0.1) is 6.42 Å². The SMILES string of the molecule is CC(C)c1nc(NC(=O)Cc2c[nH]c3ccccc23)n[nH]1. The van der Waals surface area contributed by atoms with Crippen molar-refractivity contribution in [3.05, 3.63) is 41.9 Å². The first-order valence-corrected chi connectivity index (χ1v) is 6.90. The van der Waals surface area contributed by atoms with Gasteiger partial charge in [-0.3, -0.25) is 15.2 Å². The highest BCUT2D eigenvalue weighted by atomic mass is 16.1. The smallest absolute Gasteiger partial charge is 0.248 e. The van der Waals surface area contributed by atoms with E-state index in [1.807, 2.05) is 44.3 Å². The van der Waals surface area contributed by atoms with Crippen molar-refractivity contribution in [2.24, 2.45) is 0 Å². The molecule has 0 fully saturated rings. The third-order valence-corrected chi connectivity index (χ3v) is 3.33. The molecule has 0 unspecified atom stereocenters. The van der Waals surface area contributed by atoms with Crippen molar-refractivity contribution < 1.29 is 4.79 Å². The predicted molar refractivity (Wildman–Crippen MR) is 81.1 cm³/mol. The largest absolute Gasteiger partial charge is 0.361 e. The van der Waals surface area contributed by atoms with E-state index in [2.05, 4.69) is 25.5 Å². The number of para-hydroxylation sites is 1. The molecule has 0 bridgehead atoms. The van der Waals surface area contributed by atoms with Gasteiger partial charge in [-0.1, -0.05) is 32.0 Å². The minimum absolute atomic E-state index is 0.131. The number of fused-ring (bicyclic) bond motifs is 1. The number of carbonyl (C=O) groups excluding carboxylic acids is 1. The topological polar surface area (TPSA) is 86.5 Å². The fourth-order valence-corrected chi connectivity index (χ4v) is 2.21. The molecular weight excluding hydrogens is 266 g/mol. The molecule has 3 aromatic rings. The Kier molecular flexibility index (Phi) is 3.43. The Morgan fingerprint density at radius 2 is 2.14 bits per heavy atom. The number of nitrogens with zero attached hydrogens (tertiary/aromatic N) is 2. The van der Waals surface area contributed by atoms with Gasteiger partial charge in [-0.15, -0.1) is 5.10 Å². The van der Waals surface area contributed by atoms with Crippen LogP contribution in [0.5, 0.6) is 0 Å². The lowest BCUT2D eigenvalue weighted by Gasteiger charge is -2.00. The van der Waals surface area contributed by atoms with Crippen LogP contribution in [0.2, 0.25) is 0 Å². The van der Waals surface area contributed by atoms with Crippen molar-refractivity contribution in [2.45, 2.75) is 26.2 Å². The zero-order valence-corrected chi connectivity index (χ0v) is 12.0. The molecule has 2 heterocycles. The molecule has 6 heteroatoms. The van der Waals surface area contributed by atoms with Crippen LogP contribution in [0.25, 0.3) is 10.9 Å². The van der Waals surface area contributed by atoms with Gasteiger partial charge in [-0.25, -0.2) is 0 Å². The maximum absolute atomic E-state index is 12.1. The van der Waals surface area contributed by atoms with Gasteiger partial charge in [0.1, 0.15) is 5.82 Å². The molecule has 1 aromatic carbocycles. The number of nitrogens with one attached hydrogen (secondary N) is 3. The third-order valence-electron chi connectivity index (χ3n) is 3.33. The Morgan fingerprint density at radius 3 is 2.90 bits per heavy atom. The molecular formula is C15H17N5O. The van der Waals surface area contributed by atoms with Gasteiger partial charge in [0, 0.05) is 23.0 Å². The standard InChI is InChI=1S/C15H17N5O/c1-9(2)14-18-15(20-19-14)17-13(21)7-10-8-16-12-6-4-3-5-11(10)12/h3-6,8-9,16H,7H2,1-2H3,(H2,17,18,19,20,21). The maximum atomic E-state index is 12.1. The molecule has 21 heavy (non-hydrogen) atoms. The number of benzene rings is 1. The summed E-state index contributed by atoms with van der Waals surface area (Å²) < 4.78 is 0. The molecule has 108 valence electrons. The summed E-state index contributed by atoms with van der Waals surface area (Å²) in [7, 11) is 0. The molecule has 0 saturated carbocycles. The number of hydrogen-bond acceptors (Lipinski definition) is 3. The van der Waals surface area contributed by atoms with Crippen LogP contribution in [0, 0.1) is 0 Å². The number of anilines is 1. The van der Waals surface area contributed by atoms with Crippen LogP contribution in [-0.4, -0.2) is 26.1 Å². The van der Waals surface area contributed by atoms with E-state index in [1.54, 1.807) is 0 Å². The molecule has 0 spiro atoms. The molecule has 0 aliphatic heterocycles. The molecule has 0 saturated heterocycles. The van der Waals surface area contributed by atoms with Crippen molar-refractivity contribution in [2.75, 3.05) is 5.32 Å². The second kappa shape index (κ2) is 5.40. The Bertz CT molecular complexity index is 771. The molecule has 1 amide bonds. The fraction of sp³-hybridized carbons (Fsp3) is 0.267. The molecule has 3 N–H and O–H groups in total. The number of carbonyl (C=O) groups is 1. The molecule has 2 aromatic heterocycles. The average Bonchev–Trinajstić information content (AvgIpc) is 3.07. The van der Waals surface area contributed by atoms with Gasteiger partial charge in [0.15, 0.2) is 0 Å². The number of hydrogen-bond donors (Lipinski definition) is 3. The molecule has 0 radical (unpaired) electrons. The van der Waals surface area contributed by atoms with Crippen molar-refractivity contribution in [1.82, 2.24) is 20.2 Å². The number of amides is 1. The highest BCUT2D eigenvalue weighted by Gasteiger charge is 2.12. The number of rotatable bonds is 4. The van der Waals surface area contributed by atoms with Crippen molar-refractivity contribution >= 4 is 22.8 Å². The van der Waals surface area contributed by atoms with E-state index in [-0.39, 0.29) is 18.2 Å². The lowest BCUT2D eigenvalue weighted by atomic mass is 10.1. The number of aromatic nitrogens is 4. The highest BCUT2D eigenvalue weighted by molar-refractivity contribution is 5.94. The predicted octanol–water partition coefficient (Wildman–Crippen LogP) is 2.59. The van der Waals surface area contributed by atoms with Crippen LogP contribution < -0.4 is 5.32 Å². The zero-order valence-electron chi connectivity index (χ0n) is 12.0. The van der Waals surface area contributed by atoms with Crippen LogP contribution in [0.15, 0.2) is 30.5 Å². The molecule has 0 aliphatic rings. The Morgan fingerprint density at radius 1 is 1.33 bits per heavy atom. The third kappa shape index (κ3) is 2.79. The van der Waals surface area contributed by atoms with E-state index in [0.29, 0.717) is 5.95 Å². The summed E-state index contributed by atoms with van der Waals surface area (Å²) in [4.78, 5) is 19.5. The first-order valence-electron chi connectivity index (χ1n) is 6.90. The van der Waals surface area contributed by atoms with Gasteiger partial charge in [0.25, 0.3) is 0 Å². The van der Waals surface area contributed by atoms with Gasteiger partial charge < -0.3 is 4.98 Å². The van der Waals surface area contributed by atoms with E-state index in [9.17, 15) is 4.79 Å². The van der Waals surface area contributed by atoms with Crippen LogP contribution in [0.1, 0.15) is 31.2 Å². The molecule has 6 nitrogen and oxygen atoms in total. The summed E-state index contributed by atoms with van der Waals surface area (Å²) >= 11 is 0. The first kappa shape index (κ1) is 13.4. The van der Waals surface area contributed by atoms with E-state index < -0.39 is 0 Å². The average molecular weight is 283 g/mol. The Labute approximate surface area is 122 Å². The fourth-order valence-electron chi connectivity index (χ4n) is 2.21. The number of H-pyrrole nitrogens is 2. The quantitative estimate of drug-likeness (QED) is 0.688. The number of aromatic amines is 2. The van der Waals surface area contributed by atoms with Gasteiger partial charge >= 0.3 is 0 Å². The zero-order chi connectivity index (χ0) is 14.8. The molecule has 3 rings (SSSR count). The summed E-state index contributed by atoms with van der Waals surface area (Å²) in [5, 5.41) is 10.6. The van der Waals surface area contributed by atoms with E-state index in [1.165, 1.54) is 0 Å². The minimum Gasteiger partial charge on any atom is -0.361 e. The van der Waals surface area contributed by atoms with Gasteiger partial charge in [-0.05, 0) is 11.6 Å². The summed E-state index contributed by atoms with van der Waals surface area (Å²) in [6.45, 7) is 4.02. The summed E-state index contributed by atoms with van der Waals surface area (Å²) in [5.41, 5.74) is 1.99. The first-order chi connectivity index (χ1) is 10.1. The van der Waals surface area contributed by atoms with Gasteiger partial charge in [-0.2, -0.15) is 4.98 Å². The summed E-state index contributed by atoms with van der Waals surface area (Å²) in [6, 6.07) is 7.91. The lowest BCUT2D eigenvalue weighted by molar-refractivity contribution is -0.115. The van der Waals surface area contributed by atoms with E-state index >= 15 is 0 Å². The van der Waals surface area contributed by atoms with Crippen molar-refractivity contribution in [3.8, 4) is 0 Å². The molecule has 0 aliphatic carbocycles. The second-order valence-electron chi connectivity index (χ2n) is 5.28. The van der Waals surface area contributed by atoms with E-state index in [4.69, 9.17) is 0 Å². The summed E-state index contributed by atoms with van der Waals surface area (Å²) in [5.74, 6) is 1.20. The lowest BCUT2D eigenvalue weighted by Crippen LogP contribution is -2.15. The minimum atomic E-state index is -0.131. The normalized spacial score (nSPS) is 11.2. The van der Waals surface area contributed by atoms with Crippen LogP contribution in [0.3, 0.4) is 0 Å². The van der Waals surface area contributed by atoms with Crippen LogP contribution in [-0.2, 0) is 11.2 Å². The van der Waals surface area contributed by atoms with Gasteiger partial charge in [0.2, 0.25) is 11.9 Å².